The summed E-state index contributed by atoms with van der Waals surface area (Å²) in [5, 5.41) is 18.1. The molecule has 2 aliphatic heterocycles. The van der Waals surface area contributed by atoms with Crippen molar-refractivity contribution in [2.75, 3.05) is 39.5 Å². The van der Waals surface area contributed by atoms with Crippen LogP contribution in [0.5, 0.6) is 5.75 Å². The van der Waals surface area contributed by atoms with Gasteiger partial charge in [-0.25, -0.2) is 9.59 Å². The number of ether oxygens (including phenoxy) is 3. The summed E-state index contributed by atoms with van der Waals surface area (Å²) in [6.07, 6.45) is 4.81. The number of aliphatic carboxylic acids is 2. The number of amides is 1. The molecule has 4 atom stereocenters. The molecule has 40 heavy (non-hydrogen) atoms. The second-order valence-electron chi connectivity index (χ2n) is 12.3. The third-order valence-corrected chi connectivity index (χ3v) is 12.5. The Hall–Kier alpha value is -2.21. The van der Waals surface area contributed by atoms with E-state index in [0.717, 1.165) is 18.7 Å². The van der Waals surface area contributed by atoms with Crippen LogP contribution >= 0.6 is 15.9 Å². The summed E-state index contributed by atoms with van der Waals surface area (Å²) < 4.78 is 18.4. The number of alkyl halides is 1. The van der Waals surface area contributed by atoms with E-state index in [0.29, 0.717) is 61.9 Å². The second kappa shape index (κ2) is 9.40. The lowest BCUT2D eigenvalue weighted by Crippen LogP contribution is -2.94. The lowest BCUT2D eigenvalue weighted by molar-refractivity contribution is -0.416. The highest BCUT2D eigenvalue weighted by molar-refractivity contribution is 9.10. The third-order valence-electron chi connectivity index (χ3n) is 10.8. The van der Waals surface area contributed by atoms with Crippen LogP contribution in [0.4, 0.5) is 0 Å². The second-order valence-corrected chi connectivity index (χ2v) is 13.6. The summed E-state index contributed by atoms with van der Waals surface area (Å²) >= 11 is 4.07. The number of hydrogen-bond donors (Lipinski definition) is 3. The number of hydrogen-bond acceptors (Lipinski definition) is 7. The molecule has 1 aromatic carbocycles. The average molecular weight is 620 g/mol. The Bertz CT molecular complexity index is 1200. The zero-order chi connectivity index (χ0) is 27.9. The predicted molar refractivity (Wildman–Crippen MR) is 144 cm³/mol. The van der Waals surface area contributed by atoms with Crippen molar-refractivity contribution < 1.29 is 38.8 Å². The quantitative estimate of drug-likeness (QED) is 0.228. The molecule has 8 aliphatic rings. The molecule has 2 heterocycles. The van der Waals surface area contributed by atoms with Gasteiger partial charge in [0.05, 0.1) is 29.6 Å². The summed E-state index contributed by atoms with van der Waals surface area (Å²) in [6, 6.07) is 8.49. The van der Waals surface area contributed by atoms with Gasteiger partial charge < -0.3 is 29.7 Å². The van der Waals surface area contributed by atoms with Crippen LogP contribution in [0.1, 0.15) is 31.2 Å². The van der Waals surface area contributed by atoms with Crippen molar-refractivity contribution in [3.63, 3.8) is 0 Å². The van der Waals surface area contributed by atoms with Crippen molar-refractivity contribution in [1.29, 1.82) is 0 Å². The van der Waals surface area contributed by atoms with Crippen LogP contribution in [0.3, 0.4) is 0 Å². The number of carboxylic acid groups (broad SMARTS) is 2. The minimum atomic E-state index is -1.82. The standard InChI is InChI=1S/C27H33BrN2O4.C2H2O4/c28-26-21-18-22(26)20-23(27(26)33-12-13-34-27)19(21)25(18,20)24(31)29-8-5-11-32-17-7-4-6-16(14-17)15-30-9-2-1-3-10-30;3-1(4)2(5)6/h4,6-7,14,18-23H,1-3,5,8-13,15H2,(H,29,31);(H,3,4)(H,5,6). The molecule has 4 unspecified atom stereocenters. The lowest BCUT2D eigenvalue weighted by atomic mass is 9.13. The number of piperidine rings is 1. The van der Waals surface area contributed by atoms with Crippen LogP contribution in [0.2, 0.25) is 0 Å². The van der Waals surface area contributed by atoms with Crippen LogP contribution in [-0.2, 0) is 30.4 Å². The Kier molecular flexibility index (Phi) is 6.27. The van der Waals surface area contributed by atoms with Gasteiger partial charge in [0.15, 0.2) is 5.79 Å². The highest BCUT2D eigenvalue weighted by Gasteiger charge is 3.10. The molecular weight excluding hydrogens is 584 g/mol. The van der Waals surface area contributed by atoms with Crippen LogP contribution < -0.4 is 10.1 Å². The van der Waals surface area contributed by atoms with Gasteiger partial charge >= 0.3 is 11.9 Å². The molecule has 216 valence electrons. The zero-order valence-electron chi connectivity index (χ0n) is 22.2. The molecule has 8 fully saturated rings. The van der Waals surface area contributed by atoms with Gasteiger partial charge in [0.1, 0.15) is 5.75 Å². The molecule has 1 amide bonds. The summed E-state index contributed by atoms with van der Waals surface area (Å²) in [5.74, 6) is 0.119. The highest BCUT2D eigenvalue weighted by Crippen LogP contribution is 3.04. The predicted octanol–water partition coefficient (Wildman–Crippen LogP) is 2.34. The van der Waals surface area contributed by atoms with Crippen molar-refractivity contribution in [1.82, 2.24) is 10.2 Å². The normalized spacial score (nSPS) is 39.9. The molecule has 1 aromatic rings. The van der Waals surface area contributed by atoms with E-state index in [1.165, 1.54) is 37.9 Å². The molecule has 1 spiro atoms. The Morgan fingerprint density at radius 3 is 2.27 bits per heavy atom. The van der Waals surface area contributed by atoms with Crippen LogP contribution in [0.15, 0.2) is 24.3 Å². The molecule has 2 bridgehead atoms. The number of benzene rings is 1. The first-order chi connectivity index (χ1) is 19.3. The maximum Gasteiger partial charge on any atom is 0.414 e. The SMILES string of the molecule is O=C(NCCCOc1cccc(CN2CCCCC2)c1)C12C3C4C1C1C2C3C1(Br)C41OCCO1.O=C(O)C(=O)O. The van der Waals surface area contributed by atoms with E-state index in [-0.39, 0.29) is 15.6 Å². The number of nitrogens with zero attached hydrogens (tertiary/aromatic N) is 1. The van der Waals surface area contributed by atoms with Gasteiger partial charge in [-0.1, -0.05) is 34.5 Å². The fourth-order valence-corrected chi connectivity index (χ4v) is 11.4. The fourth-order valence-electron chi connectivity index (χ4n) is 9.80. The molecule has 2 saturated heterocycles. The van der Waals surface area contributed by atoms with Crippen molar-refractivity contribution in [2.45, 2.75) is 42.3 Å². The van der Waals surface area contributed by atoms with Gasteiger partial charge in [0, 0.05) is 19.0 Å². The molecule has 9 rings (SSSR count). The van der Waals surface area contributed by atoms with E-state index in [9.17, 15) is 4.79 Å². The first-order valence-electron chi connectivity index (χ1n) is 14.4. The first kappa shape index (κ1) is 26.7. The smallest absolute Gasteiger partial charge is 0.414 e. The van der Waals surface area contributed by atoms with Gasteiger partial charge in [-0.15, -0.1) is 0 Å². The molecule has 0 aromatic heterocycles. The fraction of sp³-hybridized carbons (Fsp3) is 0.690. The van der Waals surface area contributed by atoms with Gasteiger partial charge in [0.2, 0.25) is 5.91 Å². The summed E-state index contributed by atoms with van der Waals surface area (Å²) in [4.78, 5) is 34.0. The zero-order valence-corrected chi connectivity index (χ0v) is 23.8. The number of carbonyl (C=O) groups excluding carboxylic acids is 1. The average Bonchev–Trinajstić information content (AvgIpc) is 3.46. The monoisotopic (exact) mass is 618 g/mol. The largest absolute Gasteiger partial charge is 0.494 e. The Labute approximate surface area is 240 Å². The molecule has 11 heteroatoms. The number of rotatable bonds is 8. The van der Waals surface area contributed by atoms with E-state index >= 15 is 0 Å². The Morgan fingerprint density at radius 1 is 0.975 bits per heavy atom. The van der Waals surface area contributed by atoms with Gasteiger partial charge in [0.25, 0.3) is 0 Å². The summed E-state index contributed by atoms with van der Waals surface area (Å²) in [7, 11) is 0. The molecule has 3 N–H and O–H groups in total. The maximum atomic E-state index is 13.3. The molecule has 6 saturated carbocycles. The van der Waals surface area contributed by atoms with Crippen molar-refractivity contribution in [2.24, 2.45) is 40.9 Å². The van der Waals surface area contributed by atoms with E-state index in [1.807, 2.05) is 6.07 Å². The summed E-state index contributed by atoms with van der Waals surface area (Å²) in [5.41, 5.74) is 1.21. The van der Waals surface area contributed by atoms with E-state index in [2.05, 4.69) is 44.3 Å². The van der Waals surface area contributed by atoms with Crippen molar-refractivity contribution in [3.8, 4) is 5.75 Å². The molecular formula is C29H35BrN2O8. The van der Waals surface area contributed by atoms with Crippen LogP contribution in [0, 0.1) is 40.9 Å². The minimum absolute atomic E-state index is 0.0143. The van der Waals surface area contributed by atoms with E-state index in [4.69, 9.17) is 34.0 Å². The van der Waals surface area contributed by atoms with Gasteiger partial charge in [-0.3, -0.25) is 9.69 Å². The van der Waals surface area contributed by atoms with Crippen LogP contribution in [0.25, 0.3) is 0 Å². The lowest BCUT2D eigenvalue weighted by Gasteiger charge is -2.90. The van der Waals surface area contributed by atoms with E-state index in [1.54, 1.807) is 0 Å². The van der Waals surface area contributed by atoms with Crippen LogP contribution in [-0.4, -0.2) is 82.5 Å². The van der Waals surface area contributed by atoms with Crippen molar-refractivity contribution >= 4 is 33.8 Å². The van der Waals surface area contributed by atoms with Gasteiger partial charge in [-0.05, 0) is 79.6 Å². The Balaban J connectivity index is 0.000000401. The topological polar surface area (TPSA) is 135 Å². The third kappa shape index (κ3) is 3.23. The highest BCUT2D eigenvalue weighted by atomic mass is 79.9. The first-order valence-corrected chi connectivity index (χ1v) is 15.2. The minimum Gasteiger partial charge on any atom is -0.494 e. The maximum absolute atomic E-state index is 13.3. The van der Waals surface area contributed by atoms with Gasteiger partial charge in [-0.2, -0.15) is 0 Å². The molecule has 6 aliphatic carbocycles. The number of carboxylic acids is 2. The number of likely N-dealkylation sites (tertiary alicyclic amines) is 1. The summed E-state index contributed by atoms with van der Waals surface area (Å²) in [6.45, 7) is 6.09. The number of halogens is 1. The Morgan fingerprint density at radius 2 is 1.62 bits per heavy atom. The van der Waals surface area contributed by atoms with Crippen molar-refractivity contribution in [3.05, 3.63) is 29.8 Å². The van der Waals surface area contributed by atoms with E-state index < -0.39 is 17.7 Å². The molecule has 0 radical (unpaired) electrons. The molecule has 10 nitrogen and oxygen atoms in total. The number of nitrogens with one attached hydrogen (secondary N) is 1. The number of carbonyl (C=O) groups is 3.